The van der Waals surface area contributed by atoms with Gasteiger partial charge in [0.25, 0.3) is 0 Å². The van der Waals surface area contributed by atoms with Gasteiger partial charge >= 0.3 is 0 Å². The second kappa shape index (κ2) is 6.64. The normalized spacial score (nSPS) is 21.9. The summed E-state index contributed by atoms with van der Waals surface area (Å²) in [4.78, 5) is 0. The van der Waals surface area contributed by atoms with Crippen LogP contribution in [0, 0.1) is 5.92 Å². The summed E-state index contributed by atoms with van der Waals surface area (Å²) in [5.41, 5.74) is 5.27. The molecule has 3 aromatic carbocycles. The van der Waals surface area contributed by atoms with Crippen molar-refractivity contribution in [2.75, 3.05) is 12.4 Å². The molecule has 1 aliphatic rings. The van der Waals surface area contributed by atoms with E-state index < -0.39 is 0 Å². The van der Waals surface area contributed by atoms with Crippen LogP contribution in [0.25, 0.3) is 0 Å². The summed E-state index contributed by atoms with van der Waals surface area (Å²) in [6.45, 7) is 2.34. The van der Waals surface area contributed by atoms with E-state index in [2.05, 4.69) is 91.1 Å². The largest absolute Gasteiger partial charge is 0.497 e. The standard InChI is InChI=1S/C23H23NO/c1-16-22(17-12-14-19(25-2)15-13-17)20-10-6-7-11-21(20)24-23(16)18-8-4-3-5-9-18/h3-16,22-24H,1-2H3/t16-,22+,23+/m0/s1. The van der Waals surface area contributed by atoms with Crippen LogP contribution in [0.4, 0.5) is 5.69 Å². The van der Waals surface area contributed by atoms with Gasteiger partial charge in [0.1, 0.15) is 5.75 Å². The van der Waals surface area contributed by atoms with Crippen molar-refractivity contribution in [3.63, 3.8) is 0 Å². The molecular formula is C23H23NO. The maximum absolute atomic E-state index is 5.33. The molecule has 3 atom stereocenters. The molecule has 1 heterocycles. The zero-order valence-corrected chi connectivity index (χ0v) is 14.6. The summed E-state index contributed by atoms with van der Waals surface area (Å²) in [6, 6.07) is 28.2. The van der Waals surface area contributed by atoms with E-state index in [0.717, 1.165) is 5.75 Å². The van der Waals surface area contributed by atoms with Crippen LogP contribution in [-0.2, 0) is 0 Å². The summed E-state index contributed by atoms with van der Waals surface area (Å²) < 4.78 is 5.33. The Labute approximate surface area is 149 Å². The van der Waals surface area contributed by atoms with E-state index in [1.54, 1.807) is 7.11 Å². The summed E-state index contributed by atoms with van der Waals surface area (Å²) in [6.07, 6.45) is 0. The first-order valence-corrected chi connectivity index (χ1v) is 8.82. The fourth-order valence-corrected chi connectivity index (χ4v) is 4.02. The number of rotatable bonds is 3. The average Bonchev–Trinajstić information content (AvgIpc) is 2.68. The highest BCUT2D eigenvalue weighted by Gasteiger charge is 2.35. The van der Waals surface area contributed by atoms with E-state index in [4.69, 9.17) is 4.74 Å². The number of anilines is 1. The Kier molecular flexibility index (Phi) is 4.19. The number of ether oxygens (including phenoxy) is 1. The van der Waals surface area contributed by atoms with Gasteiger partial charge in [0.15, 0.2) is 0 Å². The molecule has 0 aromatic heterocycles. The number of methoxy groups -OCH3 is 1. The van der Waals surface area contributed by atoms with E-state index in [0.29, 0.717) is 17.9 Å². The number of benzene rings is 3. The summed E-state index contributed by atoms with van der Waals surface area (Å²) in [7, 11) is 1.71. The second-order valence-electron chi connectivity index (χ2n) is 6.73. The van der Waals surface area contributed by atoms with E-state index in [1.165, 1.54) is 22.4 Å². The summed E-state index contributed by atoms with van der Waals surface area (Å²) >= 11 is 0. The lowest BCUT2D eigenvalue weighted by Gasteiger charge is -2.39. The van der Waals surface area contributed by atoms with Gasteiger partial charge in [0.05, 0.1) is 13.2 Å². The van der Waals surface area contributed by atoms with Crippen molar-refractivity contribution in [2.24, 2.45) is 5.92 Å². The van der Waals surface area contributed by atoms with E-state index in [-0.39, 0.29) is 0 Å². The highest BCUT2D eigenvalue weighted by Crippen LogP contribution is 2.47. The van der Waals surface area contributed by atoms with E-state index in [1.807, 2.05) is 0 Å². The number of hydrogen-bond donors (Lipinski definition) is 1. The monoisotopic (exact) mass is 329 g/mol. The Bertz CT molecular complexity index is 841. The first-order valence-electron chi connectivity index (χ1n) is 8.82. The Morgan fingerprint density at radius 2 is 1.44 bits per heavy atom. The maximum atomic E-state index is 5.33. The van der Waals surface area contributed by atoms with Crippen LogP contribution in [0.5, 0.6) is 5.75 Å². The molecule has 1 aliphatic heterocycles. The van der Waals surface area contributed by atoms with E-state index >= 15 is 0 Å². The van der Waals surface area contributed by atoms with Crippen LogP contribution in [0.2, 0.25) is 0 Å². The quantitative estimate of drug-likeness (QED) is 0.672. The molecule has 0 fully saturated rings. The van der Waals surface area contributed by atoms with Gasteiger partial charge in [-0.3, -0.25) is 0 Å². The molecule has 0 unspecified atom stereocenters. The molecule has 2 nitrogen and oxygen atoms in total. The Hall–Kier alpha value is -2.74. The minimum atomic E-state index is 0.295. The maximum Gasteiger partial charge on any atom is 0.118 e. The zero-order valence-electron chi connectivity index (χ0n) is 14.6. The Balaban J connectivity index is 1.80. The molecular weight excluding hydrogens is 306 g/mol. The molecule has 4 rings (SSSR count). The lowest BCUT2D eigenvalue weighted by Crippen LogP contribution is -2.30. The SMILES string of the molecule is COc1ccc([C@@H]2c3ccccc3N[C@@H](c3ccccc3)[C@H]2C)cc1. The minimum absolute atomic E-state index is 0.295. The lowest BCUT2D eigenvalue weighted by molar-refractivity contribution is 0.412. The van der Waals surface area contributed by atoms with Crippen molar-refractivity contribution >= 4 is 5.69 Å². The van der Waals surface area contributed by atoms with Crippen molar-refractivity contribution in [2.45, 2.75) is 18.9 Å². The van der Waals surface area contributed by atoms with Crippen LogP contribution in [-0.4, -0.2) is 7.11 Å². The van der Waals surface area contributed by atoms with Crippen LogP contribution >= 0.6 is 0 Å². The lowest BCUT2D eigenvalue weighted by atomic mass is 9.73. The molecule has 3 aromatic rings. The molecule has 0 saturated heterocycles. The molecule has 0 amide bonds. The smallest absolute Gasteiger partial charge is 0.118 e. The van der Waals surface area contributed by atoms with Crippen molar-refractivity contribution in [1.29, 1.82) is 0 Å². The van der Waals surface area contributed by atoms with Crippen LogP contribution in [0.1, 0.15) is 35.6 Å². The van der Waals surface area contributed by atoms with Crippen LogP contribution < -0.4 is 10.1 Å². The van der Waals surface area contributed by atoms with Crippen LogP contribution in [0.3, 0.4) is 0 Å². The fraction of sp³-hybridized carbons (Fsp3) is 0.217. The molecule has 0 aliphatic carbocycles. The Morgan fingerprint density at radius 1 is 0.760 bits per heavy atom. The van der Waals surface area contributed by atoms with E-state index in [9.17, 15) is 0 Å². The number of fused-ring (bicyclic) bond motifs is 1. The van der Waals surface area contributed by atoms with Crippen molar-refractivity contribution in [1.82, 2.24) is 0 Å². The first-order chi connectivity index (χ1) is 12.3. The van der Waals surface area contributed by atoms with Crippen molar-refractivity contribution in [3.05, 3.63) is 95.6 Å². The number of hydrogen-bond acceptors (Lipinski definition) is 2. The fourth-order valence-electron chi connectivity index (χ4n) is 4.02. The molecule has 1 N–H and O–H groups in total. The molecule has 0 saturated carbocycles. The third-order valence-electron chi connectivity index (χ3n) is 5.29. The predicted molar refractivity (Wildman–Crippen MR) is 103 cm³/mol. The molecule has 126 valence electrons. The number of nitrogens with one attached hydrogen (secondary N) is 1. The van der Waals surface area contributed by atoms with Gasteiger partial charge in [-0.15, -0.1) is 0 Å². The minimum Gasteiger partial charge on any atom is -0.497 e. The highest BCUT2D eigenvalue weighted by atomic mass is 16.5. The summed E-state index contributed by atoms with van der Waals surface area (Å²) in [5, 5.41) is 3.76. The Morgan fingerprint density at radius 3 is 2.16 bits per heavy atom. The van der Waals surface area contributed by atoms with Crippen LogP contribution in [0.15, 0.2) is 78.9 Å². The second-order valence-corrected chi connectivity index (χ2v) is 6.73. The molecule has 0 bridgehead atoms. The molecule has 2 heteroatoms. The van der Waals surface area contributed by atoms with Gasteiger partial charge in [-0.1, -0.05) is 67.6 Å². The van der Waals surface area contributed by atoms with Gasteiger partial charge in [-0.05, 0) is 40.8 Å². The highest BCUT2D eigenvalue weighted by molar-refractivity contribution is 5.60. The van der Waals surface area contributed by atoms with Gasteiger partial charge < -0.3 is 10.1 Å². The van der Waals surface area contributed by atoms with Gasteiger partial charge in [-0.2, -0.15) is 0 Å². The molecule has 25 heavy (non-hydrogen) atoms. The molecule has 0 radical (unpaired) electrons. The molecule has 0 spiro atoms. The first kappa shape index (κ1) is 15.8. The van der Waals surface area contributed by atoms with Crippen molar-refractivity contribution < 1.29 is 4.74 Å². The third-order valence-corrected chi connectivity index (χ3v) is 5.29. The van der Waals surface area contributed by atoms with Gasteiger partial charge in [0, 0.05) is 11.6 Å². The topological polar surface area (TPSA) is 21.3 Å². The zero-order chi connectivity index (χ0) is 17.2. The predicted octanol–water partition coefficient (Wildman–Crippen LogP) is 5.63. The average molecular weight is 329 g/mol. The third kappa shape index (κ3) is 2.89. The van der Waals surface area contributed by atoms with Crippen molar-refractivity contribution in [3.8, 4) is 5.75 Å². The number of para-hydroxylation sites is 1. The van der Waals surface area contributed by atoms with Gasteiger partial charge in [-0.25, -0.2) is 0 Å². The van der Waals surface area contributed by atoms with Gasteiger partial charge in [0.2, 0.25) is 0 Å². The summed E-state index contributed by atoms with van der Waals surface area (Å²) in [5.74, 6) is 1.69.